The maximum Gasteiger partial charge on any atom is 0.416 e. The summed E-state index contributed by atoms with van der Waals surface area (Å²) in [6, 6.07) is 13.7. The predicted molar refractivity (Wildman–Crippen MR) is 132 cm³/mol. The Balaban J connectivity index is 1.57. The Morgan fingerprint density at radius 2 is 1.69 bits per heavy atom. The number of para-hydroxylation sites is 1. The van der Waals surface area contributed by atoms with E-state index in [1.807, 2.05) is 30.3 Å². The van der Waals surface area contributed by atoms with E-state index in [2.05, 4.69) is 4.90 Å². The fourth-order valence-corrected chi connectivity index (χ4v) is 5.28. The number of benzene rings is 2. The van der Waals surface area contributed by atoms with Crippen molar-refractivity contribution < 1.29 is 42.6 Å². The molecule has 0 aromatic heterocycles. The minimum atomic E-state index is -4.62. The van der Waals surface area contributed by atoms with Crippen LogP contribution in [0.4, 0.5) is 23.7 Å². The first-order valence-electron chi connectivity index (χ1n) is 12.3. The highest BCUT2D eigenvalue weighted by molar-refractivity contribution is 5.96. The van der Waals surface area contributed by atoms with E-state index >= 15 is 0 Å². The Labute approximate surface area is 222 Å². The molecule has 3 atom stereocenters. The van der Waals surface area contributed by atoms with E-state index in [0.29, 0.717) is 13.1 Å². The lowest BCUT2D eigenvalue weighted by atomic mass is 9.75. The monoisotopic (exact) mass is 550 g/mol. The average molecular weight is 551 g/mol. The van der Waals surface area contributed by atoms with Crippen LogP contribution >= 0.6 is 0 Å². The number of nitrogens with zero attached hydrogens (tertiary/aromatic N) is 3. The van der Waals surface area contributed by atoms with Gasteiger partial charge in [-0.1, -0.05) is 24.3 Å². The van der Waals surface area contributed by atoms with E-state index < -0.39 is 47.2 Å². The molecule has 0 bridgehead atoms. The van der Waals surface area contributed by atoms with Crippen LogP contribution in [-0.2, 0) is 15.8 Å². The molecule has 3 N–H and O–H groups in total. The second kappa shape index (κ2) is 11.0. The van der Waals surface area contributed by atoms with Gasteiger partial charge in [-0.05, 0) is 37.3 Å². The summed E-state index contributed by atoms with van der Waals surface area (Å²) >= 11 is 0. The topological polar surface area (TPSA) is 123 Å². The molecule has 0 spiro atoms. The number of anilines is 1. The van der Waals surface area contributed by atoms with Gasteiger partial charge in [-0.2, -0.15) is 13.2 Å². The first-order valence-corrected chi connectivity index (χ1v) is 12.3. The third kappa shape index (κ3) is 5.72. The Kier molecular flexibility index (Phi) is 7.91. The van der Waals surface area contributed by atoms with Crippen molar-refractivity contribution in [3.63, 3.8) is 0 Å². The maximum atomic E-state index is 13.9. The molecular formula is C26H29F3N4O6. The minimum absolute atomic E-state index is 0.171. The highest BCUT2D eigenvalue weighted by Crippen LogP contribution is 2.38. The lowest BCUT2D eigenvalue weighted by Gasteiger charge is -2.51. The number of ether oxygens (including phenoxy) is 1. The number of hydrogen-bond donors (Lipinski definition) is 3. The fourth-order valence-electron chi connectivity index (χ4n) is 5.28. The number of piperazine rings is 1. The van der Waals surface area contributed by atoms with E-state index in [4.69, 9.17) is 4.74 Å². The molecule has 2 aliphatic rings. The highest BCUT2D eigenvalue weighted by atomic mass is 19.4. The Hall–Kier alpha value is -4.00. The van der Waals surface area contributed by atoms with Gasteiger partial charge < -0.3 is 19.6 Å². The summed E-state index contributed by atoms with van der Waals surface area (Å²) in [7, 11) is 0. The summed E-state index contributed by atoms with van der Waals surface area (Å²) in [6.45, 7) is 2.46. The van der Waals surface area contributed by atoms with Crippen LogP contribution in [0.15, 0.2) is 54.6 Å². The molecule has 13 heteroatoms. The number of carbonyl (C=O) groups excluding carboxylic acids is 2. The first kappa shape index (κ1) is 28.0. The van der Waals surface area contributed by atoms with Crippen LogP contribution in [0.1, 0.15) is 18.9 Å². The number of halogens is 3. The second-order valence-corrected chi connectivity index (χ2v) is 9.69. The molecule has 4 rings (SSSR count). The SMILES string of the molecule is C[C@@]1(C(=O)N2CCN(c3ccccc3)CC2)[C@@H](C(=O)NO)C[C@H](Oc2cccc(C(F)(F)F)c2)CN1C(=O)O. The molecule has 0 unspecified atom stereocenters. The van der Waals surface area contributed by atoms with Crippen molar-refractivity contribution >= 4 is 23.6 Å². The minimum Gasteiger partial charge on any atom is -0.489 e. The van der Waals surface area contributed by atoms with Gasteiger partial charge >= 0.3 is 12.3 Å². The summed E-state index contributed by atoms with van der Waals surface area (Å²) in [6.07, 6.45) is -7.42. The molecule has 39 heavy (non-hydrogen) atoms. The van der Waals surface area contributed by atoms with E-state index in [-0.39, 0.29) is 31.8 Å². The van der Waals surface area contributed by atoms with Gasteiger partial charge in [-0.3, -0.25) is 19.7 Å². The molecule has 3 amide bonds. The van der Waals surface area contributed by atoms with Crippen LogP contribution in [0.2, 0.25) is 0 Å². The number of hydroxylamine groups is 1. The van der Waals surface area contributed by atoms with Crippen molar-refractivity contribution in [2.45, 2.75) is 31.2 Å². The van der Waals surface area contributed by atoms with Gasteiger partial charge in [0, 0.05) is 38.3 Å². The molecule has 0 radical (unpaired) electrons. The standard InChI is InChI=1S/C26H29F3N4O6/c1-25(23(35)32-12-10-31(11-13-32)18-7-3-2-4-8-18)21(22(34)30-38)15-20(16-33(25)24(36)37)39-19-9-5-6-17(14-19)26(27,28)29/h2-9,14,20-21,38H,10-13,15-16H2,1H3,(H,30,34)(H,36,37)/t20-,21+,25-/m0/s1. The largest absolute Gasteiger partial charge is 0.489 e. The number of nitrogens with one attached hydrogen (secondary N) is 1. The van der Waals surface area contributed by atoms with Crippen LogP contribution < -0.4 is 15.1 Å². The number of hydrogen-bond acceptors (Lipinski definition) is 6. The van der Waals surface area contributed by atoms with Gasteiger partial charge in [-0.25, -0.2) is 10.3 Å². The second-order valence-electron chi connectivity index (χ2n) is 9.69. The van der Waals surface area contributed by atoms with Crippen molar-refractivity contribution in [2.75, 3.05) is 37.6 Å². The number of carboxylic acid groups (broad SMARTS) is 1. The molecular weight excluding hydrogens is 521 g/mol. The third-order valence-corrected chi connectivity index (χ3v) is 7.37. The summed E-state index contributed by atoms with van der Waals surface area (Å²) in [5, 5.41) is 19.5. The van der Waals surface area contributed by atoms with Crippen molar-refractivity contribution in [2.24, 2.45) is 5.92 Å². The van der Waals surface area contributed by atoms with Crippen molar-refractivity contribution in [1.29, 1.82) is 0 Å². The molecule has 2 aromatic carbocycles. The van der Waals surface area contributed by atoms with E-state index in [1.165, 1.54) is 23.4 Å². The molecule has 2 fully saturated rings. The fraction of sp³-hybridized carbons (Fsp3) is 0.423. The zero-order valence-corrected chi connectivity index (χ0v) is 21.1. The van der Waals surface area contributed by atoms with Gasteiger partial charge in [-0.15, -0.1) is 0 Å². The molecule has 0 saturated carbocycles. The number of rotatable bonds is 5. The molecule has 2 saturated heterocycles. The zero-order chi connectivity index (χ0) is 28.4. The van der Waals surface area contributed by atoms with Gasteiger partial charge in [0.25, 0.3) is 0 Å². The van der Waals surface area contributed by atoms with E-state index in [1.54, 1.807) is 0 Å². The molecule has 2 aliphatic heterocycles. The molecule has 2 aromatic rings. The van der Waals surface area contributed by atoms with Crippen LogP contribution in [0, 0.1) is 5.92 Å². The van der Waals surface area contributed by atoms with Gasteiger partial charge in [0.2, 0.25) is 11.8 Å². The predicted octanol–water partition coefficient (Wildman–Crippen LogP) is 3.07. The number of carbonyl (C=O) groups is 3. The van der Waals surface area contributed by atoms with Gasteiger partial charge in [0.15, 0.2) is 0 Å². The van der Waals surface area contributed by atoms with Crippen molar-refractivity contribution in [3.05, 3.63) is 60.2 Å². The maximum absolute atomic E-state index is 13.9. The number of alkyl halides is 3. The Morgan fingerprint density at radius 3 is 2.28 bits per heavy atom. The van der Waals surface area contributed by atoms with Crippen molar-refractivity contribution in [3.8, 4) is 5.75 Å². The summed E-state index contributed by atoms with van der Waals surface area (Å²) < 4.78 is 45.1. The van der Waals surface area contributed by atoms with Crippen LogP contribution in [0.5, 0.6) is 5.75 Å². The third-order valence-electron chi connectivity index (χ3n) is 7.37. The zero-order valence-electron chi connectivity index (χ0n) is 21.1. The van der Waals surface area contributed by atoms with Crippen molar-refractivity contribution in [1.82, 2.24) is 15.3 Å². The van der Waals surface area contributed by atoms with Crippen LogP contribution in [0.3, 0.4) is 0 Å². The number of piperidine rings is 1. The molecule has 10 nitrogen and oxygen atoms in total. The number of likely N-dealkylation sites (tertiary alicyclic amines) is 1. The molecule has 2 heterocycles. The molecule has 0 aliphatic carbocycles. The normalized spacial score (nSPS) is 23.8. The van der Waals surface area contributed by atoms with Crippen LogP contribution in [-0.4, -0.2) is 82.4 Å². The summed E-state index contributed by atoms with van der Waals surface area (Å²) in [4.78, 5) is 43.4. The lowest BCUT2D eigenvalue weighted by molar-refractivity contribution is -0.161. The molecule has 210 valence electrons. The highest BCUT2D eigenvalue weighted by Gasteiger charge is 2.57. The summed E-state index contributed by atoms with van der Waals surface area (Å²) in [5.74, 6) is -3.17. The Morgan fingerprint density at radius 1 is 1.03 bits per heavy atom. The number of amides is 3. The quantitative estimate of drug-likeness (QED) is 0.386. The van der Waals surface area contributed by atoms with E-state index in [0.717, 1.165) is 28.8 Å². The lowest BCUT2D eigenvalue weighted by Crippen LogP contribution is -2.71. The van der Waals surface area contributed by atoms with Crippen LogP contribution in [0.25, 0.3) is 0 Å². The smallest absolute Gasteiger partial charge is 0.416 e. The van der Waals surface area contributed by atoms with Gasteiger partial charge in [0.1, 0.15) is 17.4 Å². The summed E-state index contributed by atoms with van der Waals surface area (Å²) in [5.41, 5.74) is -0.368. The Bertz CT molecular complexity index is 1210. The van der Waals surface area contributed by atoms with E-state index in [9.17, 15) is 37.9 Å². The first-order chi connectivity index (χ1) is 18.4. The average Bonchev–Trinajstić information content (AvgIpc) is 2.93. The van der Waals surface area contributed by atoms with Gasteiger partial charge in [0.05, 0.1) is 18.0 Å².